The van der Waals surface area contributed by atoms with E-state index in [1.165, 1.54) is 0 Å². The number of carbonyl (C=O) groups is 1. The van der Waals surface area contributed by atoms with E-state index in [-0.39, 0.29) is 11.3 Å². The summed E-state index contributed by atoms with van der Waals surface area (Å²) >= 11 is 0. The van der Waals surface area contributed by atoms with Crippen molar-refractivity contribution in [3.63, 3.8) is 0 Å². The first-order valence-electron chi connectivity index (χ1n) is 9.21. The number of benzene rings is 1. The van der Waals surface area contributed by atoms with E-state index in [4.69, 9.17) is 0 Å². The van der Waals surface area contributed by atoms with E-state index in [2.05, 4.69) is 15.6 Å². The second kappa shape index (κ2) is 7.03. The van der Waals surface area contributed by atoms with Crippen LogP contribution in [0.3, 0.4) is 0 Å². The first-order chi connectivity index (χ1) is 12.6. The number of H-pyrrole nitrogens is 1. The smallest absolute Gasteiger partial charge is 0.261 e. The molecule has 136 valence electrons. The van der Waals surface area contributed by atoms with Crippen LogP contribution in [0.15, 0.2) is 23.0 Å². The molecule has 0 spiro atoms. The molecule has 2 heterocycles. The van der Waals surface area contributed by atoms with Crippen molar-refractivity contribution >= 4 is 11.6 Å². The van der Waals surface area contributed by atoms with Crippen molar-refractivity contribution in [1.29, 1.82) is 0 Å². The van der Waals surface area contributed by atoms with E-state index in [1.54, 1.807) is 12.1 Å². The zero-order valence-corrected chi connectivity index (χ0v) is 14.6. The van der Waals surface area contributed by atoms with Crippen LogP contribution in [0.4, 0.5) is 10.1 Å². The molecule has 26 heavy (non-hydrogen) atoms. The zero-order chi connectivity index (χ0) is 18.1. The molecule has 1 aliphatic carbocycles. The number of amides is 1. The SMILES string of the molecule is O=C(Nc1ccc2c(c1F)CCNC2)c1cc2c([nH]c1=O)CCCCC2. The van der Waals surface area contributed by atoms with Gasteiger partial charge in [0, 0.05) is 12.2 Å². The molecule has 3 N–H and O–H groups in total. The lowest BCUT2D eigenvalue weighted by molar-refractivity contribution is 0.102. The maximum absolute atomic E-state index is 14.7. The van der Waals surface area contributed by atoms with Crippen molar-refractivity contribution in [2.24, 2.45) is 0 Å². The third-order valence-electron chi connectivity index (χ3n) is 5.29. The molecule has 1 aromatic heterocycles. The number of hydrogen-bond donors (Lipinski definition) is 3. The third kappa shape index (κ3) is 3.17. The lowest BCUT2D eigenvalue weighted by Gasteiger charge is -2.19. The van der Waals surface area contributed by atoms with Crippen LogP contribution >= 0.6 is 0 Å². The van der Waals surface area contributed by atoms with Gasteiger partial charge in [-0.25, -0.2) is 4.39 Å². The van der Waals surface area contributed by atoms with Crippen molar-refractivity contribution in [1.82, 2.24) is 10.3 Å². The Morgan fingerprint density at radius 1 is 1.08 bits per heavy atom. The molecule has 0 saturated carbocycles. The quantitative estimate of drug-likeness (QED) is 0.725. The summed E-state index contributed by atoms with van der Waals surface area (Å²) < 4.78 is 14.7. The highest BCUT2D eigenvalue weighted by Gasteiger charge is 2.20. The number of nitrogens with one attached hydrogen (secondary N) is 3. The maximum atomic E-state index is 14.7. The fraction of sp³-hybridized carbons (Fsp3) is 0.400. The summed E-state index contributed by atoms with van der Waals surface area (Å²) in [7, 11) is 0. The molecule has 0 radical (unpaired) electrons. The number of halogens is 1. The van der Waals surface area contributed by atoms with Gasteiger partial charge in [0.2, 0.25) is 0 Å². The minimum Gasteiger partial charge on any atom is -0.325 e. The lowest BCUT2D eigenvalue weighted by atomic mass is 9.99. The van der Waals surface area contributed by atoms with Crippen LogP contribution < -0.4 is 16.2 Å². The molecule has 0 unspecified atom stereocenters. The second-order valence-corrected chi connectivity index (χ2v) is 7.02. The van der Waals surface area contributed by atoms with Crippen LogP contribution in [0, 0.1) is 5.82 Å². The molecular formula is C20H22FN3O2. The van der Waals surface area contributed by atoms with Crippen molar-refractivity contribution in [3.05, 3.63) is 62.3 Å². The molecular weight excluding hydrogens is 333 g/mol. The average Bonchev–Trinajstić information content (AvgIpc) is 2.88. The van der Waals surface area contributed by atoms with Gasteiger partial charge >= 0.3 is 0 Å². The number of aryl methyl sites for hydroxylation is 2. The Bertz CT molecular complexity index is 920. The number of carbonyl (C=O) groups excluding carboxylic acids is 1. The van der Waals surface area contributed by atoms with Crippen LogP contribution in [0.5, 0.6) is 0 Å². The Labute approximate surface area is 151 Å². The van der Waals surface area contributed by atoms with Gasteiger partial charge in [-0.15, -0.1) is 0 Å². The molecule has 5 nitrogen and oxygen atoms in total. The van der Waals surface area contributed by atoms with Crippen LogP contribution in [0.2, 0.25) is 0 Å². The first kappa shape index (κ1) is 17.0. The molecule has 0 atom stereocenters. The first-order valence-corrected chi connectivity index (χ1v) is 9.21. The number of aromatic nitrogens is 1. The number of aromatic amines is 1. The monoisotopic (exact) mass is 355 g/mol. The molecule has 0 bridgehead atoms. The van der Waals surface area contributed by atoms with E-state index in [9.17, 15) is 14.0 Å². The molecule has 1 aliphatic heterocycles. The third-order valence-corrected chi connectivity index (χ3v) is 5.29. The fourth-order valence-corrected chi connectivity index (χ4v) is 3.84. The predicted octanol–water partition coefficient (Wildman–Crippen LogP) is 2.68. The minimum atomic E-state index is -0.564. The number of rotatable bonds is 2. The zero-order valence-electron chi connectivity index (χ0n) is 14.6. The van der Waals surface area contributed by atoms with E-state index in [0.717, 1.165) is 48.9 Å². The van der Waals surface area contributed by atoms with Gasteiger partial charge in [0.25, 0.3) is 11.5 Å². The Morgan fingerprint density at radius 2 is 1.92 bits per heavy atom. The van der Waals surface area contributed by atoms with Gasteiger partial charge in [-0.3, -0.25) is 9.59 Å². The van der Waals surface area contributed by atoms with Crippen molar-refractivity contribution in [3.8, 4) is 0 Å². The summed E-state index contributed by atoms with van der Waals surface area (Å²) in [5, 5.41) is 5.78. The standard InChI is InChI=1S/C20H22FN3O2/c21-18-14-8-9-22-11-13(14)6-7-17(18)24-20(26)15-10-12-4-2-1-3-5-16(12)23-19(15)25/h6-7,10,22H,1-5,8-9,11H2,(H,23,25)(H,24,26). The highest BCUT2D eigenvalue weighted by Crippen LogP contribution is 2.25. The minimum absolute atomic E-state index is 0.0458. The van der Waals surface area contributed by atoms with Gasteiger partial charge in [0.15, 0.2) is 0 Å². The summed E-state index contributed by atoms with van der Waals surface area (Å²) in [5.74, 6) is -0.963. The summed E-state index contributed by atoms with van der Waals surface area (Å²) in [6.07, 6.45) is 5.49. The summed E-state index contributed by atoms with van der Waals surface area (Å²) in [5.41, 5.74) is 3.26. The van der Waals surface area contributed by atoms with Crippen LogP contribution in [0.25, 0.3) is 0 Å². The van der Waals surface area contributed by atoms with Crippen LogP contribution in [0.1, 0.15) is 52.0 Å². The lowest BCUT2D eigenvalue weighted by Crippen LogP contribution is -2.27. The normalized spacial score (nSPS) is 16.3. The van der Waals surface area contributed by atoms with Crippen molar-refractivity contribution in [2.75, 3.05) is 11.9 Å². The number of fused-ring (bicyclic) bond motifs is 2. The van der Waals surface area contributed by atoms with Gasteiger partial charge in [0.05, 0.1) is 5.69 Å². The van der Waals surface area contributed by atoms with Crippen molar-refractivity contribution < 1.29 is 9.18 Å². The molecule has 0 fully saturated rings. The molecule has 6 heteroatoms. The van der Waals surface area contributed by atoms with E-state index >= 15 is 0 Å². The van der Waals surface area contributed by atoms with E-state index in [1.807, 2.05) is 6.07 Å². The summed E-state index contributed by atoms with van der Waals surface area (Å²) in [6, 6.07) is 5.06. The molecule has 0 saturated heterocycles. The van der Waals surface area contributed by atoms with Gasteiger partial charge in [-0.2, -0.15) is 0 Å². The average molecular weight is 355 g/mol. The largest absolute Gasteiger partial charge is 0.325 e. The van der Waals surface area contributed by atoms with Crippen LogP contribution in [-0.2, 0) is 25.8 Å². The summed E-state index contributed by atoms with van der Waals surface area (Å²) in [4.78, 5) is 27.8. The number of pyridine rings is 1. The molecule has 2 aromatic rings. The van der Waals surface area contributed by atoms with Crippen LogP contribution in [-0.4, -0.2) is 17.4 Å². The van der Waals surface area contributed by atoms with E-state index < -0.39 is 17.3 Å². The topological polar surface area (TPSA) is 74.0 Å². The van der Waals surface area contributed by atoms with Crippen molar-refractivity contribution in [2.45, 2.75) is 45.1 Å². The van der Waals surface area contributed by atoms with Gasteiger partial charge < -0.3 is 15.6 Å². The Kier molecular flexibility index (Phi) is 4.59. The second-order valence-electron chi connectivity index (χ2n) is 7.02. The summed E-state index contributed by atoms with van der Waals surface area (Å²) in [6.45, 7) is 1.34. The fourth-order valence-electron chi connectivity index (χ4n) is 3.84. The van der Waals surface area contributed by atoms with Gasteiger partial charge in [0.1, 0.15) is 11.4 Å². The van der Waals surface area contributed by atoms with Gasteiger partial charge in [-0.05, 0) is 67.5 Å². The highest BCUT2D eigenvalue weighted by molar-refractivity contribution is 6.04. The maximum Gasteiger partial charge on any atom is 0.261 e. The Morgan fingerprint density at radius 3 is 2.81 bits per heavy atom. The molecule has 4 rings (SSSR count). The number of hydrogen-bond acceptors (Lipinski definition) is 3. The molecule has 2 aliphatic rings. The predicted molar refractivity (Wildman–Crippen MR) is 98.1 cm³/mol. The van der Waals surface area contributed by atoms with Gasteiger partial charge in [-0.1, -0.05) is 12.5 Å². The number of anilines is 1. The Balaban J connectivity index is 1.63. The molecule has 1 amide bonds. The van der Waals surface area contributed by atoms with E-state index in [0.29, 0.717) is 25.1 Å². The highest BCUT2D eigenvalue weighted by atomic mass is 19.1. The molecule has 1 aromatic carbocycles. The Hall–Kier alpha value is -2.47.